The minimum atomic E-state index is -4.10. The molecule has 0 saturated carbocycles. The molecule has 2 atom stereocenters. The Labute approximate surface area is 284 Å². The van der Waals surface area contributed by atoms with Crippen molar-refractivity contribution in [3.8, 4) is 5.75 Å². The third-order valence-electron chi connectivity index (χ3n) is 8.37. The van der Waals surface area contributed by atoms with E-state index in [1.165, 1.54) is 34.7 Å². The maximum atomic E-state index is 14.2. The largest absolute Gasteiger partial charge is 0.497 e. The van der Waals surface area contributed by atoms with Crippen LogP contribution in [0.5, 0.6) is 5.75 Å². The number of aliphatic hydroxyl groups excluding tert-OH is 1. The van der Waals surface area contributed by atoms with Crippen molar-refractivity contribution >= 4 is 16.1 Å². The van der Waals surface area contributed by atoms with Gasteiger partial charge in [-0.3, -0.25) is 4.90 Å². The van der Waals surface area contributed by atoms with E-state index >= 15 is 0 Å². The van der Waals surface area contributed by atoms with Gasteiger partial charge >= 0.3 is 6.09 Å². The monoisotopic (exact) mass is 673 g/mol. The van der Waals surface area contributed by atoms with E-state index in [0.717, 1.165) is 18.7 Å². The molecule has 4 aromatic rings. The van der Waals surface area contributed by atoms with Gasteiger partial charge in [0.2, 0.25) is 10.0 Å². The molecule has 0 radical (unpaired) electrons. The van der Waals surface area contributed by atoms with E-state index in [0.29, 0.717) is 18.7 Å². The molecule has 256 valence electrons. The maximum absolute atomic E-state index is 14.2. The van der Waals surface area contributed by atoms with Gasteiger partial charge in [-0.05, 0) is 65.8 Å². The third kappa shape index (κ3) is 11.2. The maximum Gasteiger partial charge on any atom is 0.404 e. The van der Waals surface area contributed by atoms with E-state index in [1.54, 1.807) is 12.1 Å². The number of hydrogen-bond acceptors (Lipinski definition) is 6. The number of nitrogens with one attached hydrogen (secondary N) is 1. The highest BCUT2D eigenvalue weighted by Gasteiger charge is 2.35. The zero-order valence-corrected chi connectivity index (χ0v) is 28.7. The first kappa shape index (κ1) is 36.6. The Kier molecular flexibility index (Phi) is 13.2. The smallest absolute Gasteiger partial charge is 0.404 e. The van der Waals surface area contributed by atoms with Crippen LogP contribution in [0, 0.1) is 5.41 Å². The van der Waals surface area contributed by atoms with E-state index in [1.807, 2.05) is 80.6 Å². The minimum absolute atomic E-state index is 0.0619. The molecule has 0 saturated heterocycles. The van der Waals surface area contributed by atoms with Crippen LogP contribution in [0.1, 0.15) is 37.0 Å². The Bertz CT molecular complexity index is 1610. The molecular formula is C38H47N3O6S. The molecule has 0 spiro atoms. The summed E-state index contributed by atoms with van der Waals surface area (Å²) in [6.07, 6.45) is -1.75. The molecular weight excluding hydrogens is 627 g/mol. The lowest BCUT2D eigenvalue weighted by Crippen LogP contribution is -2.51. The molecule has 0 unspecified atom stereocenters. The summed E-state index contributed by atoms with van der Waals surface area (Å²) in [4.78, 5) is 14.2. The van der Waals surface area contributed by atoms with Gasteiger partial charge in [0, 0.05) is 26.2 Å². The van der Waals surface area contributed by atoms with Gasteiger partial charge in [0.15, 0.2) is 0 Å². The lowest BCUT2D eigenvalue weighted by atomic mass is 9.88. The van der Waals surface area contributed by atoms with Crippen molar-refractivity contribution in [1.29, 1.82) is 0 Å². The van der Waals surface area contributed by atoms with Gasteiger partial charge in [-0.2, -0.15) is 4.31 Å². The molecule has 4 aromatic carbocycles. The van der Waals surface area contributed by atoms with Crippen molar-refractivity contribution in [2.45, 2.75) is 56.8 Å². The van der Waals surface area contributed by atoms with Gasteiger partial charge in [-0.25, -0.2) is 13.2 Å². The first-order valence-corrected chi connectivity index (χ1v) is 17.5. The average Bonchev–Trinajstić information content (AvgIpc) is 3.08. The summed E-state index contributed by atoms with van der Waals surface area (Å²) in [5.74, 6) is 0.520. The number of methoxy groups -OCH3 is 1. The van der Waals surface area contributed by atoms with Crippen LogP contribution in [-0.2, 0) is 29.5 Å². The highest BCUT2D eigenvalue weighted by molar-refractivity contribution is 7.89. The summed E-state index contributed by atoms with van der Waals surface area (Å²) in [5.41, 5.74) is 2.68. The number of benzene rings is 4. The van der Waals surface area contributed by atoms with Crippen molar-refractivity contribution in [1.82, 2.24) is 14.5 Å². The van der Waals surface area contributed by atoms with Gasteiger partial charge in [0.25, 0.3) is 0 Å². The minimum Gasteiger partial charge on any atom is -0.497 e. The number of ether oxygens (including phenoxy) is 1. The van der Waals surface area contributed by atoms with E-state index < -0.39 is 33.7 Å². The second-order valence-electron chi connectivity index (χ2n) is 12.9. The van der Waals surface area contributed by atoms with Crippen LogP contribution in [0.25, 0.3) is 0 Å². The van der Waals surface area contributed by atoms with Gasteiger partial charge in [-0.15, -0.1) is 0 Å². The highest BCUT2D eigenvalue weighted by atomic mass is 32.2. The Morgan fingerprint density at radius 3 is 1.79 bits per heavy atom. The van der Waals surface area contributed by atoms with E-state index in [2.05, 4.69) is 34.5 Å². The summed E-state index contributed by atoms with van der Waals surface area (Å²) < 4.78 is 34.9. The number of carbonyl (C=O) groups is 1. The zero-order chi connectivity index (χ0) is 34.6. The van der Waals surface area contributed by atoms with E-state index in [4.69, 9.17) is 4.74 Å². The van der Waals surface area contributed by atoms with Crippen LogP contribution >= 0.6 is 0 Å². The fraction of sp³-hybridized carbons (Fsp3) is 0.342. The summed E-state index contributed by atoms with van der Waals surface area (Å²) >= 11 is 0. The number of carboxylic acid groups (broad SMARTS) is 1. The molecule has 0 aliphatic carbocycles. The Morgan fingerprint density at radius 1 is 0.812 bits per heavy atom. The molecule has 0 aliphatic rings. The van der Waals surface area contributed by atoms with Gasteiger partial charge in [0.1, 0.15) is 5.75 Å². The van der Waals surface area contributed by atoms with Crippen molar-refractivity contribution in [2.24, 2.45) is 5.41 Å². The first-order chi connectivity index (χ1) is 22.9. The fourth-order valence-corrected chi connectivity index (χ4v) is 7.35. The summed E-state index contributed by atoms with van der Waals surface area (Å²) in [6.45, 7) is 6.03. The van der Waals surface area contributed by atoms with Crippen LogP contribution < -0.4 is 10.1 Å². The van der Waals surface area contributed by atoms with Gasteiger partial charge < -0.3 is 20.3 Å². The predicted molar refractivity (Wildman–Crippen MR) is 188 cm³/mol. The second kappa shape index (κ2) is 17.3. The second-order valence-corrected chi connectivity index (χ2v) is 14.8. The van der Waals surface area contributed by atoms with Crippen LogP contribution in [0.3, 0.4) is 0 Å². The molecule has 0 aliphatic heterocycles. The number of rotatable bonds is 18. The number of amides is 1. The zero-order valence-electron chi connectivity index (χ0n) is 27.9. The molecule has 10 heteroatoms. The van der Waals surface area contributed by atoms with E-state index in [9.17, 15) is 23.4 Å². The quantitative estimate of drug-likeness (QED) is 0.118. The highest BCUT2D eigenvalue weighted by Crippen LogP contribution is 2.29. The molecule has 3 N–H and O–H groups in total. The van der Waals surface area contributed by atoms with Crippen LogP contribution in [-0.4, -0.2) is 72.8 Å². The average molecular weight is 674 g/mol. The van der Waals surface area contributed by atoms with Crippen molar-refractivity contribution in [3.63, 3.8) is 0 Å². The number of hydrogen-bond donors (Lipinski definition) is 3. The van der Waals surface area contributed by atoms with Crippen molar-refractivity contribution < 1.29 is 28.2 Å². The van der Waals surface area contributed by atoms with Crippen LogP contribution in [0.2, 0.25) is 0 Å². The first-order valence-electron chi connectivity index (χ1n) is 16.1. The molecule has 0 heterocycles. The van der Waals surface area contributed by atoms with Crippen molar-refractivity contribution in [3.05, 3.63) is 132 Å². The third-order valence-corrected chi connectivity index (χ3v) is 10.2. The molecule has 1 amide bonds. The summed E-state index contributed by atoms with van der Waals surface area (Å²) in [7, 11) is -2.59. The number of nitrogens with zero attached hydrogens (tertiary/aromatic N) is 2. The Hall–Kier alpha value is -4.22. The normalized spacial score (nSPS) is 13.3. The number of aliphatic hydroxyl groups is 1. The SMILES string of the molecule is COc1ccc(S(=O)(=O)N(C[C@H](O)[C@H](Cc2ccccc2)NC(=O)O)CC(C)(C)CCN(Cc2ccccc2)Cc2ccccc2)cc1. The Morgan fingerprint density at radius 2 is 1.31 bits per heavy atom. The fourth-order valence-electron chi connectivity index (χ4n) is 5.70. The molecule has 9 nitrogen and oxygen atoms in total. The Balaban J connectivity index is 1.58. The molecule has 0 aromatic heterocycles. The molecule has 4 rings (SSSR count). The topological polar surface area (TPSA) is 119 Å². The molecule has 0 fully saturated rings. The number of sulfonamides is 1. The standard InChI is InChI=1S/C38H47N3O6S/c1-38(2,23-24-40(26-31-15-9-5-10-16-31)27-32-17-11-6-12-18-32)29-41(48(45,46)34-21-19-33(47-3)20-22-34)28-36(42)35(39-37(43)44)25-30-13-7-4-8-14-30/h4-22,35-36,39,42H,23-29H2,1-3H3,(H,43,44)/t35-,36-/m0/s1. The van der Waals surface area contributed by atoms with E-state index in [-0.39, 0.29) is 24.4 Å². The molecule has 0 bridgehead atoms. The van der Waals surface area contributed by atoms with Crippen LogP contribution in [0.4, 0.5) is 4.79 Å². The van der Waals surface area contributed by atoms with Crippen molar-refractivity contribution in [2.75, 3.05) is 26.7 Å². The predicted octanol–water partition coefficient (Wildman–Crippen LogP) is 6.04. The van der Waals surface area contributed by atoms with Crippen LogP contribution in [0.15, 0.2) is 120 Å². The lowest BCUT2D eigenvalue weighted by Gasteiger charge is -2.36. The molecule has 48 heavy (non-hydrogen) atoms. The van der Waals surface area contributed by atoms with Gasteiger partial charge in [0.05, 0.1) is 24.2 Å². The van der Waals surface area contributed by atoms with Gasteiger partial charge in [-0.1, -0.05) is 105 Å². The lowest BCUT2D eigenvalue weighted by molar-refractivity contribution is 0.0883. The summed E-state index contributed by atoms with van der Waals surface area (Å²) in [5, 5.41) is 23.5. The summed E-state index contributed by atoms with van der Waals surface area (Å²) in [6, 6.07) is 34.9.